The Balaban J connectivity index is 1.43. The van der Waals surface area contributed by atoms with Crippen molar-refractivity contribution in [3.8, 4) is 33.7 Å². The van der Waals surface area contributed by atoms with Crippen LogP contribution in [0.5, 0.6) is 0 Å². The average molecular weight is 321 g/mol. The van der Waals surface area contributed by atoms with Crippen molar-refractivity contribution in [1.82, 2.24) is 4.98 Å². The Labute approximate surface area is 145 Å². The lowest BCUT2D eigenvalue weighted by Crippen LogP contribution is -1.89. The van der Waals surface area contributed by atoms with Gasteiger partial charge in [0.15, 0.2) is 0 Å². The molecule has 2 heterocycles. The van der Waals surface area contributed by atoms with Gasteiger partial charge in [0.2, 0.25) is 0 Å². The molecular formula is C23H15NO. The molecule has 0 spiro atoms. The van der Waals surface area contributed by atoms with Crippen molar-refractivity contribution in [2.75, 3.05) is 0 Å². The fourth-order valence-electron chi connectivity index (χ4n) is 4.21. The van der Waals surface area contributed by atoms with Crippen molar-refractivity contribution in [3.05, 3.63) is 89.3 Å². The Morgan fingerprint density at radius 1 is 0.720 bits per heavy atom. The summed E-state index contributed by atoms with van der Waals surface area (Å²) in [6.07, 6.45) is 5.73. The first-order valence-corrected chi connectivity index (χ1v) is 8.64. The number of rotatable bonds is 1. The topological polar surface area (TPSA) is 26.0 Å². The van der Waals surface area contributed by atoms with Crippen LogP contribution in [0.15, 0.2) is 71.5 Å². The summed E-state index contributed by atoms with van der Waals surface area (Å²) in [5.74, 6) is 1.03. The van der Waals surface area contributed by atoms with E-state index in [4.69, 9.17) is 9.40 Å². The van der Waals surface area contributed by atoms with Gasteiger partial charge in [0.05, 0.1) is 12.0 Å². The highest BCUT2D eigenvalue weighted by molar-refractivity contribution is 5.79. The quantitative estimate of drug-likeness (QED) is 0.400. The van der Waals surface area contributed by atoms with Crippen LogP contribution in [0.1, 0.15) is 22.3 Å². The summed E-state index contributed by atoms with van der Waals surface area (Å²) in [7, 11) is 0. The number of furan rings is 1. The average Bonchev–Trinajstić information content (AvgIpc) is 3.32. The van der Waals surface area contributed by atoms with Gasteiger partial charge in [0.1, 0.15) is 5.76 Å². The Morgan fingerprint density at radius 3 is 2.60 bits per heavy atom. The highest BCUT2D eigenvalue weighted by Gasteiger charge is 2.23. The molecule has 2 aliphatic carbocycles. The molecule has 0 fully saturated rings. The van der Waals surface area contributed by atoms with E-state index < -0.39 is 0 Å². The zero-order chi connectivity index (χ0) is 16.4. The van der Waals surface area contributed by atoms with Crippen LogP contribution in [0, 0.1) is 0 Å². The van der Waals surface area contributed by atoms with Crippen LogP contribution in [-0.2, 0) is 12.8 Å². The number of fused-ring (bicyclic) bond motifs is 6. The third kappa shape index (κ3) is 1.82. The maximum Gasteiger partial charge on any atom is 0.137 e. The zero-order valence-corrected chi connectivity index (χ0v) is 13.6. The van der Waals surface area contributed by atoms with E-state index in [0.717, 1.165) is 24.3 Å². The zero-order valence-electron chi connectivity index (χ0n) is 13.6. The Bertz CT molecular complexity index is 1150. The second kappa shape index (κ2) is 4.70. The van der Waals surface area contributed by atoms with Gasteiger partial charge in [-0.1, -0.05) is 42.5 Å². The van der Waals surface area contributed by atoms with Crippen LogP contribution in [0.3, 0.4) is 0 Å². The van der Waals surface area contributed by atoms with Crippen LogP contribution in [0.2, 0.25) is 0 Å². The number of hydrogen-bond acceptors (Lipinski definition) is 2. The Morgan fingerprint density at radius 2 is 1.60 bits per heavy atom. The number of pyridine rings is 1. The molecule has 25 heavy (non-hydrogen) atoms. The molecule has 0 aliphatic heterocycles. The summed E-state index contributed by atoms with van der Waals surface area (Å²) in [5, 5.41) is 0. The van der Waals surface area contributed by atoms with E-state index in [2.05, 4.69) is 54.6 Å². The van der Waals surface area contributed by atoms with Gasteiger partial charge in [0.25, 0.3) is 0 Å². The monoisotopic (exact) mass is 321 g/mol. The predicted molar refractivity (Wildman–Crippen MR) is 98.4 cm³/mol. The molecule has 2 aliphatic rings. The van der Waals surface area contributed by atoms with Crippen molar-refractivity contribution in [3.63, 3.8) is 0 Å². The number of hydrogen-bond donors (Lipinski definition) is 0. The second-order valence-corrected chi connectivity index (χ2v) is 6.89. The molecule has 0 saturated carbocycles. The predicted octanol–water partition coefficient (Wildman–Crippen LogP) is 5.48. The van der Waals surface area contributed by atoms with E-state index in [9.17, 15) is 0 Å². The minimum Gasteiger partial charge on any atom is -0.464 e. The maximum absolute atomic E-state index is 5.63. The van der Waals surface area contributed by atoms with Crippen molar-refractivity contribution < 1.29 is 4.42 Å². The highest BCUT2D eigenvalue weighted by Crippen LogP contribution is 2.40. The van der Waals surface area contributed by atoms with Crippen LogP contribution in [0.4, 0.5) is 0 Å². The first kappa shape index (κ1) is 13.2. The molecule has 0 saturated heterocycles. The van der Waals surface area contributed by atoms with Gasteiger partial charge in [-0.25, -0.2) is 0 Å². The lowest BCUT2D eigenvalue weighted by molar-refractivity contribution is 0.582. The van der Waals surface area contributed by atoms with E-state index >= 15 is 0 Å². The van der Waals surface area contributed by atoms with Gasteiger partial charge in [0, 0.05) is 41.3 Å². The molecule has 0 N–H and O–H groups in total. The summed E-state index contributed by atoms with van der Waals surface area (Å²) in [6, 6.07) is 19.6. The van der Waals surface area contributed by atoms with Gasteiger partial charge in [-0.3, -0.25) is 4.98 Å². The van der Waals surface area contributed by atoms with Crippen molar-refractivity contribution in [2.24, 2.45) is 0 Å². The fraction of sp³-hybridized carbons (Fsp3) is 0.0870. The first-order valence-electron chi connectivity index (χ1n) is 8.64. The lowest BCUT2D eigenvalue weighted by Gasteiger charge is -2.07. The second-order valence-electron chi connectivity index (χ2n) is 6.89. The summed E-state index contributed by atoms with van der Waals surface area (Å²) in [6.45, 7) is 0. The van der Waals surface area contributed by atoms with E-state index in [-0.39, 0.29) is 0 Å². The molecule has 118 valence electrons. The molecule has 6 rings (SSSR count). The maximum atomic E-state index is 5.63. The Kier molecular flexibility index (Phi) is 2.48. The van der Waals surface area contributed by atoms with Crippen LogP contribution in [-0.4, -0.2) is 4.98 Å². The van der Waals surface area contributed by atoms with Crippen molar-refractivity contribution in [2.45, 2.75) is 12.8 Å². The minimum atomic E-state index is 0.957. The van der Waals surface area contributed by atoms with Gasteiger partial charge in [-0.2, -0.15) is 0 Å². The normalized spacial score (nSPS) is 13.3. The van der Waals surface area contributed by atoms with E-state index in [0.29, 0.717) is 0 Å². The number of benzene rings is 2. The minimum absolute atomic E-state index is 0.957. The van der Waals surface area contributed by atoms with E-state index in [1.54, 1.807) is 6.26 Å². The van der Waals surface area contributed by atoms with Crippen LogP contribution < -0.4 is 0 Å². The van der Waals surface area contributed by atoms with Crippen LogP contribution >= 0.6 is 0 Å². The smallest absolute Gasteiger partial charge is 0.137 e. The van der Waals surface area contributed by atoms with Gasteiger partial charge in [-0.15, -0.1) is 0 Å². The fourth-order valence-corrected chi connectivity index (χ4v) is 4.21. The summed E-state index contributed by atoms with van der Waals surface area (Å²) < 4.78 is 5.63. The molecule has 2 nitrogen and oxygen atoms in total. The molecule has 2 heteroatoms. The molecule has 0 atom stereocenters. The molecule has 0 unspecified atom stereocenters. The first-order chi connectivity index (χ1) is 12.4. The summed E-state index contributed by atoms with van der Waals surface area (Å²) in [5.41, 5.74) is 11.4. The molecular weight excluding hydrogens is 306 g/mol. The lowest BCUT2D eigenvalue weighted by atomic mass is 9.99. The molecule has 2 aromatic carbocycles. The van der Waals surface area contributed by atoms with E-state index in [1.165, 1.54) is 44.5 Å². The third-order valence-corrected chi connectivity index (χ3v) is 5.43. The molecule has 2 aromatic heterocycles. The van der Waals surface area contributed by atoms with Crippen molar-refractivity contribution >= 4 is 0 Å². The molecule has 0 radical (unpaired) electrons. The van der Waals surface area contributed by atoms with E-state index in [1.807, 2.05) is 6.20 Å². The highest BCUT2D eigenvalue weighted by atomic mass is 16.3. The Hall–Kier alpha value is -3.13. The summed E-state index contributed by atoms with van der Waals surface area (Å²) >= 11 is 0. The molecule has 0 bridgehead atoms. The number of aromatic nitrogens is 1. The van der Waals surface area contributed by atoms with Crippen LogP contribution in [0.25, 0.3) is 33.7 Å². The molecule has 0 amide bonds. The SMILES string of the molecule is c1ccc2c(c1)Cc1cc(-c3ccc4c(c3)Cc3ccoc3-4)cnc1-2. The van der Waals surface area contributed by atoms with Gasteiger partial charge >= 0.3 is 0 Å². The number of nitrogens with zero attached hydrogens (tertiary/aromatic N) is 1. The van der Waals surface area contributed by atoms with Crippen molar-refractivity contribution in [1.29, 1.82) is 0 Å². The largest absolute Gasteiger partial charge is 0.464 e. The molecule has 4 aromatic rings. The third-order valence-electron chi connectivity index (χ3n) is 5.43. The van der Waals surface area contributed by atoms with Gasteiger partial charge < -0.3 is 4.42 Å². The summed E-state index contributed by atoms with van der Waals surface area (Å²) in [4.78, 5) is 4.78. The van der Waals surface area contributed by atoms with Gasteiger partial charge in [-0.05, 0) is 34.4 Å². The standard InChI is InChI=1S/C23H15NO/c1-2-4-20-15(3-1)10-18-12-19(13-24-22(18)20)14-5-6-21-17(9-14)11-16-7-8-25-23(16)21/h1-9,12-13H,10-11H2.